The van der Waals surface area contributed by atoms with Gasteiger partial charge in [0.1, 0.15) is 17.3 Å². The van der Waals surface area contributed by atoms with Gasteiger partial charge in [-0.3, -0.25) is 0 Å². The first-order valence-electron chi connectivity index (χ1n) is 11.0. The minimum atomic E-state index is 0.436. The van der Waals surface area contributed by atoms with Crippen LogP contribution in [0.25, 0.3) is 21.9 Å². The summed E-state index contributed by atoms with van der Waals surface area (Å²) in [6.07, 6.45) is 6.16. The Morgan fingerprint density at radius 1 is 0.968 bits per heavy atom. The number of aromatic nitrogens is 3. The van der Waals surface area contributed by atoms with Gasteiger partial charge in [-0.1, -0.05) is 43.5 Å². The zero-order valence-electron chi connectivity index (χ0n) is 18.1. The molecule has 0 unspecified atom stereocenters. The van der Waals surface area contributed by atoms with E-state index in [-0.39, 0.29) is 0 Å². The normalized spacial score (nSPS) is 14.8. The lowest BCUT2D eigenvalue weighted by molar-refractivity contribution is 0.354. The van der Waals surface area contributed by atoms with Crippen molar-refractivity contribution in [3.63, 3.8) is 0 Å². The molecule has 0 radical (unpaired) electrons. The number of fused-ring (bicyclic) bond motifs is 3. The molecule has 4 aromatic rings. The predicted molar refractivity (Wildman–Crippen MR) is 124 cm³/mol. The maximum atomic E-state index is 5.46. The first-order chi connectivity index (χ1) is 15.3. The van der Waals surface area contributed by atoms with E-state index in [0.717, 1.165) is 50.6 Å². The van der Waals surface area contributed by atoms with Gasteiger partial charge in [0.2, 0.25) is 0 Å². The molecule has 5 rings (SSSR count). The summed E-state index contributed by atoms with van der Waals surface area (Å²) in [5.74, 6) is 3.73. The quantitative estimate of drug-likeness (QED) is 0.416. The van der Waals surface area contributed by atoms with E-state index in [4.69, 9.17) is 19.4 Å². The fourth-order valence-electron chi connectivity index (χ4n) is 4.61. The van der Waals surface area contributed by atoms with E-state index in [9.17, 15) is 0 Å². The van der Waals surface area contributed by atoms with Gasteiger partial charge in [0, 0.05) is 23.4 Å². The molecule has 2 aromatic heterocycles. The fraction of sp³-hybridized carbons (Fsp3) is 0.360. The molecule has 2 N–H and O–H groups in total. The first kappa shape index (κ1) is 19.7. The number of nitrogens with one attached hydrogen (secondary N) is 2. The molecule has 0 aliphatic heterocycles. The van der Waals surface area contributed by atoms with Crippen LogP contribution in [0.4, 0.5) is 5.82 Å². The molecule has 0 bridgehead atoms. The third-order valence-corrected chi connectivity index (χ3v) is 6.25. The van der Waals surface area contributed by atoms with Crippen molar-refractivity contribution in [1.82, 2.24) is 15.0 Å². The van der Waals surface area contributed by atoms with Crippen LogP contribution in [-0.2, 0) is 6.54 Å². The highest BCUT2D eigenvalue weighted by Gasteiger charge is 2.21. The number of hydrogen-bond donors (Lipinski definition) is 2. The average Bonchev–Trinajstić information content (AvgIpc) is 3.21. The number of benzene rings is 2. The van der Waals surface area contributed by atoms with Crippen LogP contribution in [0.2, 0.25) is 0 Å². The van der Waals surface area contributed by atoms with E-state index in [2.05, 4.69) is 28.5 Å². The van der Waals surface area contributed by atoms with Crippen LogP contribution in [0, 0.1) is 0 Å². The Labute approximate surface area is 182 Å². The minimum Gasteiger partial charge on any atom is -0.493 e. The monoisotopic (exact) mass is 416 g/mol. The number of methoxy groups -OCH3 is 2. The highest BCUT2D eigenvalue weighted by Crippen LogP contribution is 2.35. The summed E-state index contributed by atoms with van der Waals surface area (Å²) in [7, 11) is 3.31. The van der Waals surface area contributed by atoms with Crippen LogP contribution >= 0.6 is 0 Å². The molecule has 6 heteroatoms. The van der Waals surface area contributed by atoms with Crippen LogP contribution in [0.15, 0.2) is 42.5 Å². The number of H-pyrrole nitrogens is 1. The van der Waals surface area contributed by atoms with Crippen LogP contribution in [-0.4, -0.2) is 29.2 Å². The van der Waals surface area contributed by atoms with E-state index in [1.165, 1.54) is 32.1 Å². The molecule has 0 spiro atoms. The number of para-hydroxylation sites is 1. The standard InChI is InChI=1S/C25H28N4O2/c1-30-20-13-12-16(14-21(20)31-2)15-26-24-22-18-10-6-7-11-19(18)27-25(22)29-23(28-24)17-8-4-3-5-9-17/h6-7,10-14,17H,3-5,8-9,15H2,1-2H3,(H2,26,27,28,29). The summed E-state index contributed by atoms with van der Waals surface area (Å²) in [6.45, 7) is 0.635. The summed E-state index contributed by atoms with van der Waals surface area (Å²) in [4.78, 5) is 13.5. The minimum absolute atomic E-state index is 0.436. The summed E-state index contributed by atoms with van der Waals surface area (Å²) < 4.78 is 10.8. The largest absolute Gasteiger partial charge is 0.493 e. The van der Waals surface area contributed by atoms with Gasteiger partial charge in [0.05, 0.1) is 19.6 Å². The molecule has 6 nitrogen and oxygen atoms in total. The van der Waals surface area contributed by atoms with Crippen LogP contribution in [0.1, 0.15) is 49.4 Å². The van der Waals surface area contributed by atoms with Gasteiger partial charge in [-0.25, -0.2) is 9.97 Å². The van der Waals surface area contributed by atoms with Crippen LogP contribution in [0.5, 0.6) is 11.5 Å². The molecule has 31 heavy (non-hydrogen) atoms. The smallest absolute Gasteiger partial charge is 0.161 e. The number of aromatic amines is 1. The lowest BCUT2D eigenvalue weighted by Crippen LogP contribution is -2.11. The molecule has 0 saturated heterocycles. The van der Waals surface area contributed by atoms with Crippen LogP contribution in [0.3, 0.4) is 0 Å². The third-order valence-electron chi connectivity index (χ3n) is 6.25. The van der Waals surface area contributed by atoms with E-state index >= 15 is 0 Å². The SMILES string of the molecule is COc1ccc(CNc2nc(C3CCCCC3)nc3[nH]c4ccccc4c23)cc1OC. The second kappa shape index (κ2) is 8.46. The summed E-state index contributed by atoms with van der Waals surface area (Å²) in [6, 6.07) is 14.3. The van der Waals surface area contributed by atoms with Gasteiger partial charge in [-0.15, -0.1) is 0 Å². The lowest BCUT2D eigenvalue weighted by atomic mass is 9.88. The van der Waals surface area contributed by atoms with Gasteiger partial charge in [0.15, 0.2) is 11.5 Å². The molecule has 1 saturated carbocycles. The Bertz CT molecular complexity index is 1210. The van der Waals surface area contributed by atoms with E-state index in [1.54, 1.807) is 14.2 Å². The average molecular weight is 417 g/mol. The topological polar surface area (TPSA) is 72.1 Å². The zero-order valence-corrected chi connectivity index (χ0v) is 18.1. The van der Waals surface area contributed by atoms with Gasteiger partial charge in [0.25, 0.3) is 0 Å². The van der Waals surface area contributed by atoms with E-state index in [0.29, 0.717) is 12.5 Å². The van der Waals surface area contributed by atoms with Gasteiger partial charge < -0.3 is 19.8 Å². The highest BCUT2D eigenvalue weighted by molar-refractivity contribution is 6.11. The number of ether oxygens (including phenoxy) is 2. The second-order valence-electron chi connectivity index (χ2n) is 8.20. The molecule has 0 atom stereocenters. The molecule has 1 aliphatic rings. The fourth-order valence-corrected chi connectivity index (χ4v) is 4.61. The first-order valence-corrected chi connectivity index (χ1v) is 11.0. The Balaban J connectivity index is 1.54. The second-order valence-corrected chi connectivity index (χ2v) is 8.20. The van der Waals surface area contributed by atoms with Gasteiger partial charge >= 0.3 is 0 Å². The van der Waals surface area contributed by atoms with Crippen molar-refractivity contribution >= 4 is 27.8 Å². The number of hydrogen-bond acceptors (Lipinski definition) is 5. The summed E-state index contributed by atoms with van der Waals surface area (Å²) in [5, 5.41) is 5.78. The molecule has 1 fully saturated rings. The zero-order chi connectivity index (χ0) is 21.2. The number of anilines is 1. The molecule has 0 amide bonds. The molecular formula is C25H28N4O2. The summed E-state index contributed by atoms with van der Waals surface area (Å²) >= 11 is 0. The van der Waals surface area contributed by atoms with Gasteiger partial charge in [-0.2, -0.15) is 0 Å². The number of nitrogens with zero attached hydrogens (tertiary/aromatic N) is 2. The Kier molecular flexibility index (Phi) is 5.37. The Morgan fingerprint density at radius 3 is 2.58 bits per heavy atom. The molecular weight excluding hydrogens is 388 g/mol. The molecule has 2 aromatic carbocycles. The molecule has 160 valence electrons. The number of rotatable bonds is 6. The van der Waals surface area contributed by atoms with Crippen molar-refractivity contribution in [2.45, 2.75) is 44.6 Å². The summed E-state index contributed by atoms with van der Waals surface area (Å²) in [5.41, 5.74) is 3.09. The maximum absolute atomic E-state index is 5.46. The van der Waals surface area contributed by atoms with Crippen molar-refractivity contribution in [3.05, 3.63) is 53.9 Å². The van der Waals surface area contributed by atoms with Crippen molar-refractivity contribution in [2.75, 3.05) is 19.5 Å². The van der Waals surface area contributed by atoms with Crippen molar-refractivity contribution in [2.24, 2.45) is 0 Å². The Hall–Kier alpha value is -3.28. The Morgan fingerprint density at radius 2 is 1.77 bits per heavy atom. The van der Waals surface area contributed by atoms with Crippen molar-refractivity contribution in [1.29, 1.82) is 0 Å². The van der Waals surface area contributed by atoms with Crippen LogP contribution < -0.4 is 14.8 Å². The highest BCUT2D eigenvalue weighted by atomic mass is 16.5. The lowest BCUT2D eigenvalue weighted by Gasteiger charge is -2.21. The van der Waals surface area contributed by atoms with E-state index in [1.807, 2.05) is 24.3 Å². The predicted octanol–water partition coefficient (Wildman–Crippen LogP) is 5.79. The third kappa shape index (κ3) is 3.78. The molecule has 2 heterocycles. The van der Waals surface area contributed by atoms with Crippen molar-refractivity contribution in [3.8, 4) is 11.5 Å². The molecule has 1 aliphatic carbocycles. The maximum Gasteiger partial charge on any atom is 0.161 e. The van der Waals surface area contributed by atoms with E-state index < -0.39 is 0 Å². The van der Waals surface area contributed by atoms with Gasteiger partial charge in [-0.05, 0) is 36.6 Å². The van der Waals surface area contributed by atoms with Crippen molar-refractivity contribution < 1.29 is 9.47 Å².